The lowest BCUT2D eigenvalue weighted by Gasteiger charge is -2.27. The van der Waals surface area contributed by atoms with Crippen LogP contribution >= 0.6 is 0 Å². The van der Waals surface area contributed by atoms with Gasteiger partial charge in [0.05, 0.1) is 25.0 Å². The minimum absolute atomic E-state index is 0.0496. The molecule has 0 aromatic heterocycles. The fourth-order valence-corrected chi connectivity index (χ4v) is 4.25. The van der Waals surface area contributed by atoms with Gasteiger partial charge in [0.1, 0.15) is 6.54 Å². The van der Waals surface area contributed by atoms with E-state index in [0.717, 1.165) is 5.56 Å². The molecule has 1 aromatic rings. The van der Waals surface area contributed by atoms with Gasteiger partial charge in [-0.15, -0.1) is 0 Å². The van der Waals surface area contributed by atoms with Gasteiger partial charge in [-0.2, -0.15) is 0 Å². The lowest BCUT2D eigenvalue weighted by atomic mass is 10.1. The maximum absolute atomic E-state index is 12.5. The molecule has 1 heterocycles. The van der Waals surface area contributed by atoms with E-state index in [9.17, 15) is 18.0 Å². The Hall–Kier alpha value is -1.89. The molecule has 0 N–H and O–H groups in total. The van der Waals surface area contributed by atoms with E-state index in [4.69, 9.17) is 0 Å². The van der Waals surface area contributed by atoms with E-state index >= 15 is 0 Å². The highest BCUT2D eigenvalue weighted by Crippen LogP contribution is 2.19. The van der Waals surface area contributed by atoms with Crippen molar-refractivity contribution in [3.05, 3.63) is 35.9 Å². The van der Waals surface area contributed by atoms with Crippen molar-refractivity contribution < 1.29 is 22.7 Å². The summed E-state index contributed by atoms with van der Waals surface area (Å²) in [7, 11) is -1.89. The van der Waals surface area contributed by atoms with Crippen molar-refractivity contribution in [3.63, 3.8) is 0 Å². The molecule has 1 amide bonds. The predicted octanol–water partition coefficient (Wildman–Crippen LogP) is 0.418. The highest BCUT2D eigenvalue weighted by molar-refractivity contribution is 7.91. The molecular weight excluding hydrogens is 306 g/mol. The van der Waals surface area contributed by atoms with Crippen molar-refractivity contribution in [3.8, 4) is 0 Å². The van der Waals surface area contributed by atoms with Gasteiger partial charge in [-0.3, -0.25) is 9.59 Å². The first-order valence-corrected chi connectivity index (χ1v) is 8.84. The molecule has 7 heteroatoms. The standard InChI is InChI=1S/C15H19NO5S/c1-21-15(18)10-16(13-7-8-22(19,20)11-13)14(17)9-12-5-3-2-4-6-12/h2-6,13H,7-11H2,1H3/t13-/m1/s1. The Bertz CT molecular complexity index is 641. The van der Waals surface area contributed by atoms with Crippen LogP contribution < -0.4 is 0 Å². The van der Waals surface area contributed by atoms with Crippen LogP contribution in [-0.4, -0.2) is 56.4 Å². The van der Waals surface area contributed by atoms with Gasteiger partial charge in [-0.1, -0.05) is 30.3 Å². The quantitative estimate of drug-likeness (QED) is 0.733. The van der Waals surface area contributed by atoms with Gasteiger partial charge in [0, 0.05) is 6.04 Å². The fourth-order valence-electron chi connectivity index (χ4n) is 2.52. The van der Waals surface area contributed by atoms with Crippen LogP contribution in [0.25, 0.3) is 0 Å². The van der Waals surface area contributed by atoms with Crippen molar-refractivity contribution in [2.75, 3.05) is 25.2 Å². The molecule has 22 heavy (non-hydrogen) atoms. The number of carbonyl (C=O) groups is 2. The lowest BCUT2D eigenvalue weighted by molar-refractivity contribution is -0.148. The van der Waals surface area contributed by atoms with E-state index in [1.807, 2.05) is 30.3 Å². The Morgan fingerprint density at radius 2 is 1.95 bits per heavy atom. The second kappa shape index (κ2) is 6.91. The number of rotatable bonds is 5. The highest BCUT2D eigenvalue weighted by atomic mass is 32.2. The highest BCUT2D eigenvalue weighted by Gasteiger charge is 2.35. The Kier molecular flexibility index (Phi) is 5.18. The summed E-state index contributed by atoms with van der Waals surface area (Å²) in [5.74, 6) is -0.859. The van der Waals surface area contributed by atoms with Crippen LogP contribution in [0.1, 0.15) is 12.0 Å². The van der Waals surface area contributed by atoms with Crippen molar-refractivity contribution in [2.45, 2.75) is 18.9 Å². The smallest absolute Gasteiger partial charge is 0.325 e. The Morgan fingerprint density at radius 3 is 2.50 bits per heavy atom. The summed E-state index contributed by atoms with van der Waals surface area (Å²) in [6.45, 7) is -0.220. The second-order valence-electron chi connectivity index (χ2n) is 5.32. The summed E-state index contributed by atoms with van der Waals surface area (Å²) in [4.78, 5) is 25.4. The molecule has 1 fully saturated rings. The van der Waals surface area contributed by atoms with E-state index in [-0.39, 0.29) is 30.4 Å². The van der Waals surface area contributed by atoms with Crippen LogP contribution in [-0.2, 0) is 30.6 Å². The van der Waals surface area contributed by atoms with Crippen molar-refractivity contribution >= 4 is 21.7 Å². The number of carbonyl (C=O) groups excluding carboxylic acids is 2. The monoisotopic (exact) mass is 325 g/mol. The molecule has 1 saturated heterocycles. The van der Waals surface area contributed by atoms with Crippen LogP contribution in [0.4, 0.5) is 0 Å². The summed E-state index contributed by atoms with van der Waals surface area (Å²) in [6.07, 6.45) is 0.494. The predicted molar refractivity (Wildman–Crippen MR) is 80.9 cm³/mol. The topological polar surface area (TPSA) is 80.8 Å². The molecule has 1 aliphatic rings. The summed E-state index contributed by atoms with van der Waals surface area (Å²) in [6, 6.07) is 8.68. The third kappa shape index (κ3) is 4.30. The number of amides is 1. The minimum Gasteiger partial charge on any atom is -0.468 e. The van der Waals surface area contributed by atoms with Gasteiger partial charge in [0.25, 0.3) is 0 Å². The molecule has 120 valence electrons. The van der Waals surface area contributed by atoms with Crippen LogP contribution in [0.5, 0.6) is 0 Å². The summed E-state index contributed by atoms with van der Waals surface area (Å²) >= 11 is 0. The number of esters is 1. The van der Waals surface area contributed by atoms with E-state index < -0.39 is 21.8 Å². The van der Waals surface area contributed by atoms with Crippen molar-refractivity contribution in [2.24, 2.45) is 0 Å². The molecule has 0 spiro atoms. The molecule has 0 radical (unpaired) electrons. The number of hydrogen-bond donors (Lipinski definition) is 0. The number of sulfone groups is 1. The van der Waals surface area contributed by atoms with Gasteiger partial charge < -0.3 is 9.64 Å². The summed E-state index contributed by atoms with van der Waals surface area (Å²) < 4.78 is 27.9. The molecule has 0 bridgehead atoms. The first-order chi connectivity index (χ1) is 10.4. The largest absolute Gasteiger partial charge is 0.468 e. The van der Waals surface area contributed by atoms with Gasteiger partial charge in [-0.25, -0.2) is 8.42 Å². The van der Waals surface area contributed by atoms with Crippen LogP contribution in [0.15, 0.2) is 30.3 Å². The van der Waals surface area contributed by atoms with E-state index in [1.54, 1.807) is 0 Å². The van der Waals surface area contributed by atoms with Crippen LogP contribution in [0.2, 0.25) is 0 Å². The molecule has 1 aliphatic heterocycles. The van der Waals surface area contributed by atoms with E-state index in [1.165, 1.54) is 12.0 Å². The average Bonchev–Trinajstić information content (AvgIpc) is 2.85. The fraction of sp³-hybridized carbons (Fsp3) is 0.467. The number of hydrogen-bond acceptors (Lipinski definition) is 5. The van der Waals surface area contributed by atoms with Crippen molar-refractivity contribution in [1.29, 1.82) is 0 Å². The zero-order valence-electron chi connectivity index (χ0n) is 12.4. The minimum atomic E-state index is -3.14. The van der Waals surface area contributed by atoms with E-state index in [2.05, 4.69) is 4.74 Å². The van der Waals surface area contributed by atoms with E-state index in [0.29, 0.717) is 6.42 Å². The van der Waals surface area contributed by atoms with Gasteiger partial charge in [0.15, 0.2) is 9.84 Å². The Balaban J connectivity index is 2.13. The SMILES string of the molecule is COC(=O)CN(C(=O)Cc1ccccc1)[C@@H]1CCS(=O)(=O)C1. The first kappa shape index (κ1) is 16.5. The molecule has 1 aromatic carbocycles. The van der Waals surface area contributed by atoms with Gasteiger partial charge >= 0.3 is 5.97 Å². The number of nitrogens with zero attached hydrogens (tertiary/aromatic N) is 1. The molecule has 0 unspecified atom stereocenters. The molecule has 1 atom stereocenters. The Labute approximate surface area is 130 Å². The molecule has 6 nitrogen and oxygen atoms in total. The summed E-state index contributed by atoms with van der Waals surface area (Å²) in [5.41, 5.74) is 0.822. The molecule has 2 rings (SSSR count). The third-order valence-electron chi connectivity index (χ3n) is 3.69. The molecular formula is C15H19NO5S. The third-order valence-corrected chi connectivity index (χ3v) is 5.45. The maximum Gasteiger partial charge on any atom is 0.325 e. The first-order valence-electron chi connectivity index (χ1n) is 7.02. The number of methoxy groups -OCH3 is 1. The summed E-state index contributed by atoms with van der Waals surface area (Å²) in [5, 5.41) is 0. The Morgan fingerprint density at radius 1 is 1.27 bits per heavy atom. The zero-order valence-corrected chi connectivity index (χ0v) is 13.2. The normalized spacial score (nSPS) is 19.6. The zero-order chi connectivity index (χ0) is 16.2. The van der Waals surface area contributed by atoms with Crippen molar-refractivity contribution in [1.82, 2.24) is 4.90 Å². The van der Waals surface area contributed by atoms with Crippen LogP contribution in [0.3, 0.4) is 0 Å². The van der Waals surface area contributed by atoms with Crippen LogP contribution in [0, 0.1) is 0 Å². The lowest BCUT2D eigenvalue weighted by Crippen LogP contribution is -2.45. The van der Waals surface area contributed by atoms with Gasteiger partial charge in [0.2, 0.25) is 5.91 Å². The molecule has 0 aliphatic carbocycles. The average molecular weight is 325 g/mol. The number of ether oxygens (including phenoxy) is 1. The maximum atomic E-state index is 12.5. The second-order valence-corrected chi connectivity index (χ2v) is 7.55. The number of benzene rings is 1. The van der Waals surface area contributed by atoms with Gasteiger partial charge in [-0.05, 0) is 12.0 Å². The molecule has 0 saturated carbocycles.